The molecule has 0 saturated heterocycles. The predicted octanol–water partition coefficient (Wildman–Crippen LogP) is 3.34. The van der Waals surface area contributed by atoms with Gasteiger partial charge in [-0.3, -0.25) is 10.00 Å². The van der Waals surface area contributed by atoms with Crippen molar-refractivity contribution >= 4 is 11.9 Å². The summed E-state index contributed by atoms with van der Waals surface area (Å²) in [6.07, 6.45) is -5.97. The van der Waals surface area contributed by atoms with Crippen molar-refractivity contribution < 1.29 is 27.5 Å². The summed E-state index contributed by atoms with van der Waals surface area (Å²) >= 11 is 0. The lowest BCUT2D eigenvalue weighted by Crippen LogP contribution is -2.19. The number of nitrogens with one attached hydrogen (secondary N) is 1. The number of rotatable bonds is 3. The molecule has 1 amide bonds. The first-order valence-electron chi connectivity index (χ1n) is 5.65. The maximum Gasteiger partial charge on any atom is 0.410 e. The molecule has 0 saturated carbocycles. The van der Waals surface area contributed by atoms with Crippen LogP contribution in [0.25, 0.3) is 11.3 Å². The predicted molar refractivity (Wildman–Crippen MR) is 65.3 cm³/mol. The summed E-state index contributed by atoms with van der Waals surface area (Å²) < 4.78 is 51.0. The molecule has 1 heterocycles. The Balaban J connectivity index is 2.43. The molecular weight excluding hydrogens is 294 g/mol. The fourth-order valence-corrected chi connectivity index (χ4v) is 1.73. The summed E-state index contributed by atoms with van der Waals surface area (Å²) in [5.41, 5.74) is 0.308. The van der Waals surface area contributed by atoms with Crippen LogP contribution in [0.4, 0.5) is 28.2 Å². The number of nitrogens with zero attached hydrogens (tertiary/aromatic N) is 2. The lowest BCUT2D eigenvalue weighted by Gasteiger charge is -2.10. The second-order valence-electron chi connectivity index (χ2n) is 4.12. The molecular formula is C12H9F4N3O2. The van der Waals surface area contributed by atoms with E-state index in [1.807, 2.05) is 5.32 Å². The molecule has 9 heteroatoms. The molecule has 0 aliphatic heterocycles. The Morgan fingerprint density at radius 3 is 2.43 bits per heavy atom. The van der Waals surface area contributed by atoms with Gasteiger partial charge >= 0.3 is 12.3 Å². The quantitative estimate of drug-likeness (QED) is 0.855. The van der Waals surface area contributed by atoms with Crippen LogP contribution in [0.1, 0.15) is 0 Å². The molecule has 0 fully saturated rings. The van der Waals surface area contributed by atoms with E-state index in [2.05, 4.69) is 5.10 Å². The average Bonchev–Trinajstić information content (AvgIpc) is 2.69. The molecule has 21 heavy (non-hydrogen) atoms. The molecule has 2 aromatic rings. The number of hydrogen-bond acceptors (Lipinski definition) is 2. The van der Waals surface area contributed by atoms with E-state index in [4.69, 9.17) is 5.11 Å². The third-order valence-corrected chi connectivity index (χ3v) is 2.48. The van der Waals surface area contributed by atoms with Gasteiger partial charge in [-0.1, -0.05) is 0 Å². The normalized spacial score (nSPS) is 11.4. The van der Waals surface area contributed by atoms with Gasteiger partial charge in [-0.05, 0) is 24.3 Å². The first-order valence-corrected chi connectivity index (χ1v) is 5.65. The van der Waals surface area contributed by atoms with Crippen LogP contribution in [0.15, 0.2) is 30.3 Å². The Hall–Kier alpha value is -2.58. The molecule has 2 rings (SSSR count). The average molecular weight is 303 g/mol. The maximum atomic E-state index is 12.9. The van der Waals surface area contributed by atoms with Crippen molar-refractivity contribution in [1.29, 1.82) is 0 Å². The van der Waals surface area contributed by atoms with E-state index in [9.17, 15) is 22.4 Å². The highest BCUT2D eigenvalue weighted by Crippen LogP contribution is 2.26. The minimum absolute atomic E-state index is 0.0241. The number of amides is 1. The highest BCUT2D eigenvalue weighted by Gasteiger charge is 2.30. The number of halogens is 4. The summed E-state index contributed by atoms with van der Waals surface area (Å²) in [4.78, 5) is 10.5. The minimum Gasteiger partial charge on any atom is -0.465 e. The standard InChI is InChI=1S/C12H9F4N3O2/c13-8-3-1-7(2-4-8)9-5-10(17-11(20)21)18-19(9)6-12(14,15)16/h1-5H,6H2,(H,17,18)(H,20,21). The molecule has 0 aliphatic carbocycles. The van der Waals surface area contributed by atoms with Crippen molar-refractivity contribution in [2.75, 3.05) is 5.32 Å². The van der Waals surface area contributed by atoms with E-state index in [0.29, 0.717) is 4.68 Å². The number of benzene rings is 1. The van der Waals surface area contributed by atoms with Gasteiger partial charge in [0.05, 0.1) is 5.69 Å². The van der Waals surface area contributed by atoms with Gasteiger partial charge < -0.3 is 5.11 Å². The molecule has 0 spiro atoms. The third kappa shape index (κ3) is 3.94. The molecule has 1 aromatic heterocycles. The van der Waals surface area contributed by atoms with Crippen molar-refractivity contribution in [3.8, 4) is 11.3 Å². The largest absolute Gasteiger partial charge is 0.465 e. The number of anilines is 1. The van der Waals surface area contributed by atoms with Crippen molar-refractivity contribution in [2.45, 2.75) is 12.7 Å². The van der Waals surface area contributed by atoms with Gasteiger partial charge in [0.15, 0.2) is 5.82 Å². The first-order chi connectivity index (χ1) is 9.74. The Labute approximate surface area is 115 Å². The highest BCUT2D eigenvalue weighted by molar-refractivity contribution is 5.82. The van der Waals surface area contributed by atoms with Gasteiger partial charge in [0.2, 0.25) is 0 Å². The lowest BCUT2D eigenvalue weighted by atomic mass is 10.1. The fourth-order valence-electron chi connectivity index (χ4n) is 1.73. The molecule has 0 atom stereocenters. The second-order valence-corrected chi connectivity index (χ2v) is 4.12. The van der Waals surface area contributed by atoms with Gasteiger partial charge in [0.1, 0.15) is 12.4 Å². The van der Waals surface area contributed by atoms with E-state index in [0.717, 1.165) is 18.2 Å². The van der Waals surface area contributed by atoms with Gasteiger partial charge in [0.25, 0.3) is 0 Å². The van der Waals surface area contributed by atoms with Crippen molar-refractivity contribution in [2.24, 2.45) is 0 Å². The van der Waals surface area contributed by atoms with Crippen LogP contribution in [-0.4, -0.2) is 27.2 Å². The Kier molecular flexibility index (Phi) is 3.83. The van der Waals surface area contributed by atoms with Crippen LogP contribution < -0.4 is 5.32 Å². The van der Waals surface area contributed by atoms with Gasteiger partial charge in [-0.25, -0.2) is 9.18 Å². The smallest absolute Gasteiger partial charge is 0.410 e. The lowest BCUT2D eigenvalue weighted by molar-refractivity contribution is -0.142. The summed E-state index contributed by atoms with van der Waals surface area (Å²) in [7, 11) is 0. The zero-order valence-electron chi connectivity index (χ0n) is 10.4. The second kappa shape index (κ2) is 5.43. The summed E-state index contributed by atoms with van der Waals surface area (Å²) in [6.45, 7) is -1.39. The van der Waals surface area contributed by atoms with Crippen LogP contribution in [0, 0.1) is 5.82 Å². The van der Waals surface area contributed by atoms with E-state index in [-0.39, 0.29) is 17.1 Å². The van der Waals surface area contributed by atoms with E-state index < -0.39 is 24.6 Å². The monoisotopic (exact) mass is 303 g/mol. The van der Waals surface area contributed by atoms with Crippen LogP contribution in [0.5, 0.6) is 0 Å². The zero-order chi connectivity index (χ0) is 15.6. The highest BCUT2D eigenvalue weighted by atomic mass is 19.4. The van der Waals surface area contributed by atoms with E-state index in [1.165, 1.54) is 12.1 Å². The minimum atomic E-state index is -4.53. The van der Waals surface area contributed by atoms with Gasteiger partial charge in [0, 0.05) is 11.6 Å². The molecule has 5 nitrogen and oxygen atoms in total. The molecule has 0 bridgehead atoms. The Bertz CT molecular complexity index is 650. The summed E-state index contributed by atoms with van der Waals surface area (Å²) in [6, 6.07) is 5.88. The number of carbonyl (C=O) groups is 1. The van der Waals surface area contributed by atoms with Crippen LogP contribution in [0.2, 0.25) is 0 Å². The Morgan fingerprint density at radius 2 is 1.90 bits per heavy atom. The molecule has 1 aromatic carbocycles. The molecule has 2 N–H and O–H groups in total. The zero-order valence-corrected chi connectivity index (χ0v) is 10.4. The fraction of sp³-hybridized carbons (Fsp3) is 0.167. The van der Waals surface area contributed by atoms with E-state index in [1.54, 1.807) is 0 Å². The van der Waals surface area contributed by atoms with Crippen molar-refractivity contribution in [3.63, 3.8) is 0 Å². The molecule has 0 radical (unpaired) electrons. The molecule has 0 unspecified atom stereocenters. The van der Waals surface area contributed by atoms with Crippen molar-refractivity contribution in [3.05, 3.63) is 36.1 Å². The van der Waals surface area contributed by atoms with Crippen LogP contribution in [-0.2, 0) is 6.54 Å². The topological polar surface area (TPSA) is 67.2 Å². The SMILES string of the molecule is O=C(O)Nc1cc(-c2ccc(F)cc2)n(CC(F)(F)F)n1. The third-order valence-electron chi connectivity index (χ3n) is 2.48. The molecule has 0 aliphatic rings. The van der Waals surface area contributed by atoms with Gasteiger partial charge in [-0.15, -0.1) is 0 Å². The summed E-state index contributed by atoms with van der Waals surface area (Å²) in [5, 5.41) is 14.0. The number of alkyl halides is 3. The number of carboxylic acid groups (broad SMARTS) is 1. The summed E-state index contributed by atoms with van der Waals surface area (Å²) in [5.74, 6) is -0.782. The van der Waals surface area contributed by atoms with Gasteiger partial charge in [-0.2, -0.15) is 18.3 Å². The van der Waals surface area contributed by atoms with E-state index >= 15 is 0 Å². The number of aromatic nitrogens is 2. The van der Waals surface area contributed by atoms with Crippen molar-refractivity contribution in [1.82, 2.24) is 9.78 Å². The first kappa shape index (κ1) is 14.8. The van der Waals surface area contributed by atoms with Crippen LogP contribution >= 0.6 is 0 Å². The molecule has 112 valence electrons. The van der Waals surface area contributed by atoms with Crippen LogP contribution in [0.3, 0.4) is 0 Å². The number of hydrogen-bond donors (Lipinski definition) is 2. The Morgan fingerprint density at radius 1 is 1.29 bits per heavy atom. The maximum absolute atomic E-state index is 12.9.